The Hall–Kier alpha value is -1.87. The smallest absolute Gasteiger partial charge is 0.167 e. The molecule has 0 heterocycles. The topological polar surface area (TPSA) is 24.1 Å². The quantitative estimate of drug-likeness (QED) is 0.817. The Morgan fingerprint density at radius 3 is 2.24 bits per heavy atom. The van der Waals surface area contributed by atoms with Gasteiger partial charge in [0.25, 0.3) is 0 Å². The summed E-state index contributed by atoms with van der Waals surface area (Å²) in [6.07, 6.45) is 1.06. The summed E-state index contributed by atoms with van der Waals surface area (Å²) in [4.78, 5) is 0. The van der Waals surface area contributed by atoms with Crippen LogP contribution in [0.1, 0.15) is 36.1 Å². The Kier molecular flexibility index (Phi) is 5.76. The highest BCUT2D eigenvalue weighted by Gasteiger charge is 2.14. The molecule has 0 aliphatic carbocycles. The summed E-state index contributed by atoms with van der Waals surface area (Å²) in [5, 5.41) is 7.36. The summed E-state index contributed by atoms with van der Waals surface area (Å²) in [5.74, 6) is 0. The third kappa shape index (κ3) is 4.57. The molecule has 0 radical (unpaired) electrons. The molecular weight excluding hydrogens is 276 g/mol. The van der Waals surface area contributed by atoms with Crippen molar-refractivity contribution in [1.82, 2.24) is 10.6 Å². The molecule has 2 rings (SSSR count). The van der Waals surface area contributed by atoms with Gasteiger partial charge in [0.2, 0.25) is 0 Å². The van der Waals surface area contributed by atoms with Gasteiger partial charge in [-0.3, -0.25) is 0 Å². The van der Waals surface area contributed by atoms with Crippen molar-refractivity contribution in [3.8, 4) is 0 Å². The Labute approximate surface area is 132 Å². The van der Waals surface area contributed by atoms with Crippen LogP contribution in [0.5, 0.6) is 0 Å². The molecule has 3 heteroatoms. The standard InChI is InChI=1S/C18H22N2S/c1-3-13-19-18(21)20-17(15-7-5-4-6-8-15)16-11-9-14(2)10-12-16/h4-12,17H,3,13H2,1-2H3,(H2,19,20,21)/t17-/m1/s1. The molecule has 2 nitrogen and oxygen atoms in total. The van der Waals surface area contributed by atoms with E-state index in [9.17, 15) is 0 Å². The second-order valence-electron chi connectivity index (χ2n) is 5.15. The third-order valence-electron chi connectivity index (χ3n) is 3.35. The fourth-order valence-electron chi connectivity index (χ4n) is 2.18. The first kappa shape index (κ1) is 15.5. The second kappa shape index (κ2) is 7.79. The molecule has 0 saturated heterocycles. The number of nitrogens with one attached hydrogen (secondary N) is 2. The first-order valence-electron chi connectivity index (χ1n) is 7.36. The van der Waals surface area contributed by atoms with E-state index in [0.29, 0.717) is 5.11 Å². The van der Waals surface area contributed by atoms with E-state index >= 15 is 0 Å². The van der Waals surface area contributed by atoms with Crippen molar-refractivity contribution in [2.45, 2.75) is 26.3 Å². The average molecular weight is 298 g/mol. The highest BCUT2D eigenvalue weighted by atomic mass is 32.1. The Morgan fingerprint density at radius 1 is 1.00 bits per heavy atom. The molecule has 21 heavy (non-hydrogen) atoms. The summed E-state index contributed by atoms with van der Waals surface area (Å²) in [5.41, 5.74) is 3.69. The molecule has 2 N–H and O–H groups in total. The Bertz CT molecular complexity index is 564. The molecule has 0 aromatic heterocycles. The molecule has 0 saturated carbocycles. The molecular formula is C18H22N2S. The van der Waals surface area contributed by atoms with E-state index < -0.39 is 0 Å². The normalized spacial score (nSPS) is 11.7. The lowest BCUT2D eigenvalue weighted by atomic mass is 9.98. The molecule has 0 unspecified atom stereocenters. The molecule has 0 fully saturated rings. The second-order valence-corrected chi connectivity index (χ2v) is 5.56. The number of hydrogen-bond donors (Lipinski definition) is 2. The molecule has 0 aliphatic heterocycles. The van der Waals surface area contributed by atoms with E-state index in [1.165, 1.54) is 16.7 Å². The monoisotopic (exact) mass is 298 g/mol. The van der Waals surface area contributed by atoms with Crippen LogP contribution in [0.3, 0.4) is 0 Å². The number of rotatable bonds is 5. The maximum absolute atomic E-state index is 5.40. The summed E-state index contributed by atoms with van der Waals surface area (Å²) in [6.45, 7) is 5.12. The van der Waals surface area contributed by atoms with Gasteiger partial charge in [-0.2, -0.15) is 0 Å². The van der Waals surface area contributed by atoms with Gasteiger partial charge in [-0.15, -0.1) is 0 Å². The molecule has 2 aromatic rings. The van der Waals surface area contributed by atoms with Crippen molar-refractivity contribution >= 4 is 17.3 Å². The fourth-order valence-corrected chi connectivity index (χ4v) is 2.40. The summed E-state index contributed by atoms with van der Waals surface area (Å²) in [6, 6.07) is 19.0. The van der Waals surface area contributed by atoms with E-state index in [2.05, 4.69) is 73.0 Å². The number of benzene rings is 2. The Morgan fingerprint density at radius 2 is 1.62 bits per heavy atom. The van der Waals surface area contributed by atoms with Crippen LogP contribution < -0.4 is 10.6 Å². The van der Waals surface area contributed by atoms with Gasteiger partial charge in [-0.05, 0) is 36.7 Å². The van der Waals surface area contributed by atoms with E-state index in [0.717, 1.165) is 13.0 Å². The van der Waals surface area contributed by atoms with E-state index in [1.54, 1.807) is 0 Å². The van der Waals surface area contributed by atoms with Gasteiger partial charge in [-0.1, -0.05) is 67.1 Å². The van der Waals surface area contributed by atoms with E-state index in [-0.39, 0.29) is 6.04 Å². The predicted molar refractivity (Wildman–Crippen MR) is 93.5 cm³/mol. The van der Waals surface area contributed by atoms with Crippen molar-refractivity contribution in [2.24, 2.45) is 0 Å². The molecule has 0 bridgehead atoms. The van der Waals surface area contributed by atoms with E-state index in [1.807, 2.05) is 6.07 Å². The van der Waals surface area contributed by atoms with Gasteiger partial charge in [0.1, 0.15) is 0 Å². The summed E-state index contributed by atoms with van der Waals surface area (Å²) < 4.78 is 0. The lowest BCUT2D eigenvalue weighted by Gasteiger charge is -2.22. The number of aryl methyl sites for hydroxylation is 1. The van der Waals surface area contributed by atoms with Crippen molar-refractivity contribution in [3.63, 3.8) is 0 Å². The zero-order chi connectivity index (χ0) is 15.1. The molecule has 110 valence electrons. The third-order valence-corrected chi connectivity index (χ3v) is 3.62. The highest BCUT2D eigenvalue weighted by molar-refractivity contribution is 7.80. The molecule has 0 amide bonds. The first-order valence-corrected chi connectivity index (χ1v) is 7.77. The average Bonchev–Trinajstić information content (AvgIpc) is 2.52. The van der Waals surface area contributed by atoms with Crippen LogP contribution in [0, 0.1) is 6.92 Å². The lowest BCUT2D eigenvalue weighted by molar-refractivity contribution is 0.729. The molecule has 2 aromatic carbocycles. The SMILES string of the molecule is CCCNC(=S)N[C@H](c1ccccc1)c1ccc(C)cc1. The van der Waals surface area contributed by atoms with Gasteiger partial charge in [-0.25, -0.2) is 0 Å². The number of thiocarbonyl (C=S) groups is 1. The van der Waals surface area contributed by atoms with Crippen LogP contribution in [0.25, 0.3) is 0 Å². The van der Waals surface area contributed by atoms with Crippen molar-refractivity contribution < 1.29 is 0 Å². The Balaban J connectivity index is 2.22. The van der Waals surface area contributed by atoms with Gasteiger partial charge in [0.05, 0.1) is 6.04 Å². The van der Waals surface area contributed by atoms with Gasteiger partial charge >= 0.3 is 0 Å². The molecule has 0 aliphatic rings. The first-order chi connectivity index (χ1) is 10.2. The highest BCUT2D eigenvalue weighted by Crippen LogP contribution is 2.22. The van der Waals surface area contributed by atoms with Crippen LogP contribution in [0.2, 0.25) is 0 Å². The van der Waals surface area contributed by atoms with Crippen molar-refractivity contribution in [1.29, 1.82) is 0 Å². The lowest BCUT2D eigenvalue weighted by Crippen LogP contribution is -2.38. The van der Waals surface area contributed by atoms with Crippen molar-refractivity contribution in [3.05, 3.63) is 71.3 Å². The largest absolute Gasteiger partial charge is 0.363 e. The number of hydrogen-bond acceptors (Lipinski definition) is 1. The zero-order valence-electron chi connectivity index (χ0n) is 12.6. The maximum atomic E-state index is 5.40. The van der Waals surface area contributed by atoms with Crippen LogP contribution in [0.4, 0.5) is 0 Å². The predicted octanol–water partition coefficient (Wildman–Crippen LogP) is 3.96. The maximum Gasteiger partial charge on any atom is 0.167 e. The zero-order valence-corrected chi connectivity index (χ0v) is 13.4. The fraction of sp³-hybridized carbons (Fsp3) is 0.278. The van der Waals surface area contributed by atoms with E-state index in [4.69, 9.17) is 12.2 Å². The van der Waals surface area contributed by atoms with Crippen molar-refractivity contribution in [2.75, 3.05) is 6.54 Å². The van der Waals surface area contributed by atoms with Crippen LogP contribution in [0.15, 0.2) is 54.6 Å². The summed E-state index contributed by atoms with van der Waals surface area (Å²) >= 11 is 5.40. The molecule has 1 atom stereocenters. The van der Waals surface area contributed by atoms with Crippen LogP contribution >= 0.6 is 12.2 Å². The molecule has 0 spiro atoms. The van der Waals surface area contributed by atoms with Crippen LogP contribution in [-0.2, 0) is 0 Å². The minimum atomic E-state index is 0.0728. The van der Waals surface area contributed by atoms with Gasteiger partial charge in [0, 0.05) is 6.54 Å². The van der Waals surface area contributed by atoms with Crippen LogP contribution in [-0.4, -0.2) is 11.7 Å². The van der Waals surface area contributed by atoms with Gasteiger partial charge < -0.3 is 10.6 Å². The minimum absolute atomic E-state index is 0.0728. The van der Waals surface area contributed by atoms with Gasteiger partial charge in [0.15, 0.2) is 5.11 Å². The minimum Gasteiger partial charge on any atom is -0.363 e. The summed E-state index contributed by atoms with van der Waals surface area (Å²) in [7, 11) is 0.